The Hall–Kier alpha value is -1.95. The summed E-state index contributed by atoms with van der Waals surface area (Å²) in [5.74, 6) is 0.0792. The van der Waals surface area contributed by atoms with E-state index in [4.69, 9.17) is 27.9 Å². The van der Waals surface area contributed by atoms with E-state index >= 15 is 0 Å². The highest BCUT2D eigenvalue weighted by atomic mass is 35.5. The van der Waals surface area contributed by atoms with Crippen LogP contribution < -0.4 is 15.4 Å². The molecule has 30 heavy (non-hydrogen) atoms. The number of phenolic OH excluding ortho intramolecular Hbond substituents is 1. The topological polar surface area (TPSA) is 70.6 Å². The number of carbonyl (C=O) groups is 1. The van der Waals surface area contributed by atoms with Crippen LogP contribution in [-0.4, -0.2) is 36.8 Å². The Kier molecular flexibility index (Phi) is 8.25. The second-order valence-electron chi connectivity index (χ2n) is 7.79. The molecule has 0 spiro atoms. The third-order valence-corrected chi connectivity index (χ3v) is 6.02. The normalized spacial score (nSPS) is 15.6. The highest BCUT2D eigenvalue weighted by Gasteiger charge is 2.23. The number of phenols is 1. The molecule has 7 heteroatoms. The van der Waals surface area contributed by atoms with Crippen molar-refractivity contribution in [3.63, 3.8) is 0 Å². The lowest BCUT2D eigenvalue weighted by molar-refractivity contribution is 0.0937. The monoisotopic (exact) mass is 450 g/mol. The Morgan fingerprint density at radius 2 is 1.97 bits per heavy atom. The summed E-state index contributed by atoms with van der Waals surface area (Å²) in [4.78, 5) is 12.7. The van der Waals surface area contributed by atoms with Gasteiger partial charge in [-0.05, 0) is 63.2 Å². The maximum atomic E-state index is 12.7. The largest absolute Gasteiger partial charge is 0.505 e. The third-order valence-electron chi connectivity index (χ3n) is 5.39. The van der Waals surface area contributed by atoms with Gasteiger partial charge in [0.15, 0.2) is 11.5 Å². The van der Waals surface area contributed by atoms with Gasteiger partial charge in [0.25, 0.3) is 5.91 Å². The average molecular weight is 451 g/mol. The number of hydrogen-bond acceptors (Lipinski definition) is 4. The van der Waals surface area contributed by atoms with Crippen molar-refractivity contribution in [2.24, 2.45) is 5.92 Å². The lowest BCUT2D eigenvalue weighted by atomic mass is 9.95. The summed E-state index contributed by atoms with van der Waals surface area (Å²) in [6.07, 6.45) is 3.81. The van der Waals surface area contributed by atoms with Gasteiger partial charge in [-0.2, -0.15) is 0 Å². The molecule has 0 unspecified atom stereocenters. The van der Waals surface area contributed by atoms with E-state index in [0.717, 1.165) is 37.9 Å². The van der Waals surface area contributed by atoms with E-state index < -0.39 is 5.91 Å². The van der Waals surface area contributed by atoms with E-state index in [1.807, 2.05) is 37.3 Å². The van der Waals surface area contributed by atoms with Crippen molar-refractivity contribution in [3.05, 3.63) is 57.6 Å². The number of carbonyl (C=O) groups excluding carboxylic acids is 1. The summed E-state index contributed by atoms with van der Waals surface area (Å²) in [7, 11) is 0. The van der Waals surface area contributed by atoms with Crippen molar-refractivity contribution in [2.75, 3.05) is 19.7 Å². The first-order valence-electron chi connectivity index (χ1n) is 10.3. The molecule has 162 valence electrons. The van der Waals surface area contributed by atoms with Gasteiger partial charge in [-0.1, -0.05) is 53.5 Å². The highest BCUT2D eigenvalue weighted by Crippen LogP contribution is 2.42. The molecule has 1 amide bonds. The maximum absolute atomic E-state index is 12.7. The zero-order valence-corrected chi connectivity index (χ0v) is 18.6. The number of benzene rings is 2. The molecule has 0 saturated carbocycles. The van der Waals surface area contributed by atoms with E-state index in [9.17, 15) is 9.90 Å². The van der Waals surface area contributed by atoms with E-state index in [2.05, 4.69) is 10.6 Å². The van der Waals surface area contributed by atoms with Crippen LogP contribution in [-0.2, 0) is 6.42 Å². The van der Waals surface area contributed by atoms with Gasteiger partial charge in [-0.15, -0.1) is 0 Å². The van der Waals surface area contributed by atoms with E-state index in [-0.39, 0.29) is 33.1 Å². The highest BCUT2D eigenvalue weighted by molar-refractivity contribution is 6.39. The molecule has 1 aliphatic heterocycles. The molecule has 2 aromatic rings. The molecule has 1 atom stereocenters. The van der Waals surface area contributed by atoms with Crippen molar-refractivity contribution in [2.45, 2.75) is 38.6 Å². The molecule has 5 nitrogen and oxygen atoms in total. The molecule has 0 aliphatic carbocycles. The second kappa shape index (κ2) is 10.9. The summed E-state index contributed by atoms with van der Waals surface area (Å²) >= 11 is 12.6. The molecular weight excluding hydrogens is 423 g/mol. The predicted octanol–water partition coefficient (Wildman–Crippen LogP) is 4.83. The van der Waals surface area contributed by atoms with Crippen LogP contribution in [0.3, 0.4) is 0 Å². The van der Waals surface area contributed by atoms with Crippen LogP contribution in [0, 0.1) is 5.92 Å². The number of rotatable bonds is 8. The van der Waals surface area contributed by atoms with Crippen LogP contribution >= 0.6 is 23.2 Å². The SMILES string of the molecule is C[C@H](Cc1ccccc1)NC(=O)c1cc(Cl)c(OCCC2CCNCC2)c(Cl)c1O. The molecule has 3 N–H and O–H groups in total. The molecular formula is C23H28Cl2N2O3. The van der Waals surface area contributed by atoms with Crippen LogP contribution in [0.15, 0.2) is 36.4 Å². The summed E-state index contributed by atoms with van der Waals surface area (Å²) in [5.41, 5.74) is 1.15. The van der Waals surface area contributed by atoms with Crippen LogP contribution in [0.25, 0.3) is 0 Å². The first-order chi connectivity index (χ1) is 14.5. The standard InChI is InChI=1S/C23H28Cl2N2O3/c1-15(13-17-5-3-2-4-6-17)27-23(29)18-14-19(24)22(20(25)21(18)28)30-12-9-16-7-10-26-11-8-16/h2-6,14-16,26,28H,7-13H2,1H3,(H,27,29)/t15-/m1/s1. The summed E-state index contributed by atoms with van der Waals surface area (Å²) in [6.45, 7) is 4.42. The summed E-state index contributed by atoms with van der Waals surface area (Å²) in [6, 6.07) is 11.2. The lowest BCUT2D eigenvalue weighted by Crippen LogP contribution is -2.34. The number of nitrogens with one attached hydrogen (secondary N) is 2. The Balaban J connectivity index is 1.61. The minimum absolute atomic E-state index is 0.0336. The van der Waals surface area contributed by atoms with Crippen molar-refractivity contribution in [1.82, 2.24) is 10.6 Å². The van der Waals surface area contributed by atoms with Gasteiger partial charge in [0.2, 0.25) is 0 Å². The Bertz CT molecular complexity index is 855. The lowest BCUT2D eigenvalue weighted by Gasteiger charge is -2.23. The molecule has 3 rings (SSSR count). The van der Waals surface area contributed by atoms with Crippen LogP contribution in [0.1, 0.15) is 42.1 Å². The quantitative estimate of drug-likeness (QED) is 0.538. The Morgan fingerprint density at radius 1 is 1.27 bits per heavy atom. The number of hydrogen-bond donors (Lipinski definition) is 3. The average Bonchev–Trinajstić information content (AvgIpc) is 2.74. The smallest absolute Gasteiger partial charge is 0.255 e. The van der Waals surface area contributed by atoms with E-state index in [1.165, 1.54) is 6.07 Å². The maximum Gasteiger partial charge on any atom is 0.255 e. The fraction of sp³-hybridized carbons (Fsp3) is 0.435. The minimum atomic E-state index is -0.430. The first-order valence-corrected chi connectivity index (χ1v) is 11.1. The first kappa shape index (κ1) is 22.7. The molecule has 0 aromatic heterocycles. The molecule has 1 heterocycles. The molecule has 0 bridgehead atoms. The van der Waals surface area contributed by atoms with E-state index in [1.54, 1.807) is 0 Å². The molecule has 1 saturated heterocycles. The zero-order valence-electron chi connectivity index (χ0n) is 17.1. The number of aromatic hydroxyl groups is 1. The van der Waals surface area contributed by atoms with Crippen LogP contribution in [0.2, 0.25) is 10.0 Å². The number of halogens is 2. The van der Waals surface area contributed by atoms with E-state index in [0.29, 0.717) is 18.9 Å². The van der Waals surface area contributed by atoms with Gasteiger partial charge in [0, 0.05) is 6.04 Å². The van der Waals surface area contributed by atoms with Gasteiger partial charge in [0.05, 0.1) is 17.2 Å². The summed E-state index contributed by atoms with van der Waals surface area (Å²) < 4.78 is 5.77. The van der Waals surface area contributed by atoms with Crippen LogP contribution in [0.4, 0.5) is 0 Å². The Labute approximate surface area is 187 Å². The van der Waals surface area contributed by atoms with Gasteiger partial charge < -0.3 is 20.5 Å². The van der Waals surface area contributed by atoms with Crippen LogP contribution in [0.5, 0.6) is 11.5 Å². The van der Waals surface area contributed by atoms with Gasteiger partial charge >= 0.3 is 0 Å². The minimum Gasteiger partial charge on any atom is -0.505 e. The third kappa shape index (κ3) is 6.03. The number of amides is 1. The second-order valence-corrected chi connectivity index (χ2v) is 8.58. The predicted molar refractivity (Wildman–Crippen MR) is 121 cm³/mol. The Morgan fingerprint density at radius 3 is 2.67 bits per heavy atom. The fourth-order valence-corrected chi connectivity index (χ4v) is 4.28. The summed E-state index contributed by atoms with van der Waals surface area (Å²) in [5, 5.41) is 16.9. The zero-order chi connectivity index (χ0) is 21.5. The van der Waals surface area contributed by atoms with Gasteiger partial charge in [-0.3, -0.25) is 4.79 Å². The fourth-order valence-electron chi connectivity index (χ4n) is 3.71. The number of ether oxygens (including phenoxy) is 1. The molecule has 0 radical (unpaired) electrons. The molecule has 1 fully saturated rings. The van der Waals surface area contributed by atoms with Gasteiger partial charge in [-0.25, -0.2) is 0 Å². The van der Waals surface area contributed by atoms with Crippen molar-refractivity contribution in [3.8, 4) is 11.5 Å². The molecule has 1 aliphatic rings. The van der Waals surface area contributed by atoms with Crippen molar-refractivity contribution < 1.29 is 14.6 Å². The van der Waals surface area contributed by atoms with Crippen molar-refractivity contribution >= 4 is 29.1 Å². The molecule has 2 aromatic carbocycles. The van der Waals surface area contributed by atoms with Crippen molar-refractivity contribution in [1.29, 1.82) is 0 Å². The van der Waals surface area contributed by atoms with Gasteiger partial charge in [0.1, 0.15) is 5.02 Å². The number of piperidine rings is 1.